The van der Waals surface area contributed by atoms with Crippen molar-refractivity contribution in [3.8, 4) is 0 Å². The van der Waals surface area contributed by atoms with E-state index in [2.05, 4.69) is 5.32 Å². The van der Waals surface area contributed by atoms with Crippen LogP contribution in [0.1, 0.15) is 24.2 Å². The first kappa shape index (κ1) is 14.2. The van der Waals surface area contributed by atoms with Gasteiger partial charge in [-0.05, 0) is 31.2 Å². The first-order valence-electron chi connectivity index (χ1n) is 5.21. The van der Waals surface area contributed by atoms with Crippen LogP contribution in [-0.2, 0) is 9.59 Å². The number of thioether (sulfide) groups is 1. The maximum Gasteiger partial charge on any atom is 0.335 e. The van der Waals surface area contributed by atoms with Crippen LogP contribution in [0.3, 0.4) is 0 Å². The van der Waals surface area contributed by atoms with E-state index in [1.807, 2.05) is 0 Å². The fourth-order valence-corrected chi connectivity index (χ4v) is 1.91. The molecule has 1 atom stereocenters. The van der Waals surface area contributed by atoms with Gasteiger partial charge in [-0.25, -0.2) is 4.79 Å². The van der Waals surface area contributed by atoms with Gasteiger partial charge in [0.1, 0.15) is 0 Å². The van der Waals surface area contributed by atoms with E-state index in [1.54, 1.807) is 6.92 Å². The zero-order valence-electron chi connectivity index (χ0n) is 9.97. The van der Waals surface area contributed by atoms with E-state index in [-0.39, 0.29) is 16.6 Å². The van der Waals surface area contributed by atoms with Crippen molar-refractivity contribution in [2.24, 2.45) is 0 Å². The lowest BCUT2D eigenvalue weighted by atomic mass is 10.2. The van der Waals surface area contributed by atoms with Crippen LogP contribution < -0.4 is 5.32 Å². The lowest BCUT2D eigenvalue weighted by molar-refractivity contribution is -0.116. The second-order valence-electron chi connectivity index (χ2n) is 3.62. The van der Waals surface area contributed by atoms with Gasteiger partial charge in [0, 0.05) is 12.6 Å². The summed E-state index contributed by atoms with van der Waals surface area (Å²) in [5.41, 5.74) is 0.653. The number of hydrogen-bond donors (Lipinski definition) is 2. The molecule has 1 unspecified atom stereocenters. The van der Waals surface area contributed by atoms with Gasteiger partial charge >= 0.3 is 5.97 Å². The molecule has 0 bridgehead atoms. The number of rotatable bonds is 4. The van der Waals surface area contributed by atoms with Crippen molar-refractivity contribution in [3.63, 3.8) is 0 Å². The van der Waals surface area contributed by atoms with Crippen LogP contribution in [0.25, 0.3) is 0 Å². The van der Waals surface area contributed by atoms with Gasteiger partial charge in [0.2, 0.25) is 5.91 Å². The summed E-state index contributed by atoms with van der Waals surface area (Å²) < 4.78 is 0. The summed E-state index contributed by atoms with van der Waals surface area (Å²) in [5, 5.41) is 10.7. The molecule has 0 saturated carbocycles. The first-order chi connectivity index (χ1) is 8.40. The number of carbonyl (C=O) groups is 3. The summed E-state index contributed by atoms with van der Waals surface area (Å²) in [4.78, 5) is 33.2. The predicted molar refractivity (Wildman–Crippen MR) is 69.8 cm³/mol. The topological polar surface area (TPSA) is 83.5 Å². The lowest BCUT2D eigenvalue weighted by Crippen LogP contribution is -2.23. The zero-order valence-corrected chi connectivity index (χ0v) is 10.8. The number of carboxylic acids is 1. The van der Waals surface area contributed by atoms with Crippen LogP contribution >= 0.6 is 11.8 Å². The average molecular weight is 267 g/mol. The SMILES string of the molecule is CC(=O)SC(C)C(=O)Nc1ccc(C(=O)O)cc1. The number of anilines is 1. The second kappa shape index (κ2) is 6.20. The largest absolute Gasteiger partial charge is 0.478 e. The Morgan fingerprint density at radius 3 is 2.22 bits per heavy atom. The van der Waals surface area contributed by atoms with Crippen molar-refractivity contribution in [2.45, 2.75) is 19.1 Å². The molecule has 0 heterocycles. The first-order valence-corrected chi connectivity index (χ1v) is 6.09. The Hall–Kier alpha value is -1.82. The average Bonchev–Trinajstić information content (AvgIpc) is 2.28. The molecule has 1 rings (SSSR count). The number of nitrogens with one attached hydrogen (secondary N) is 1. The normalized spacial score (nSPS) is 11.7. The highest BCUT2D eigenvalue weighted by Gasteiger charge is 2.15. The van der Waals surface area contributed by atoms with Gasteiger partial charge in [0.15, 0.2) is 5.12 Å². The fourth-order valence-electron chi connectivity index (χ4n) is 1.24. The zero-order chi connectivity index (χ0) is 13.7. The third-order valence-electron chi connectivity index (χ3n) is 2.11. The Morgan fingerprint density at radius 1 is 1.22 bits per heavy atom. The van der Waals surface area contributed by atoms with Crippen LogP contribution in [0.15, 0.2) is 24.3 Å². The number of carboxylic acid groups (broad SMARTS) is 1. The fraction of sp³-hybridized carbons (Fsp3) is 0.250. The minimum Gasteiger partial charge on any atom is -0.478 e. The smallest absolute Gasteiger partial charge is 0.335 e. The highest BCUT2D eigenvalue weighted by Crippen LogP contribution is 2.15. The van der Waals surface area contributed by atoms with Crippen LogP contribution in [0.2, 0.25) is 0 Å². The Morgan fingerprint density at radius 2 is 1.78 bits per heavy atom. The lowest BCUT2D eigenvalue weighted by Gasteiger charge is -2.10. The molecule has 0 aliphatic carbocycles. The van der Waals surface area contributed by atoms with Crippen LogP contribution in [0, 0.1) is 0 Å². The van der Waals surface area contributed by atoms with Gasteiger partial charge in [-0.3, -0.25) is 9.59 Å². The molecule has 96 valence electrons. The summed E-state index contributed by atoms with van der Waals surface area (Å²) >= 11 is 0.945. The van der Waals surface area contributed by atoms with Crippen LogP contribution in [0.5, 0.6) is 0 Å². The molecular weight excluding hydrogens is 254 g/mol. The van der Waals surface area contributed by atoms with Gasteiger partial charge < -0.3 is 10.4 Å². The Balaban J connectivity index is 2.64. The molecule has 0 aromatic heterocycles. The maximum atomic E-state index is 11.7. The second-order valence-corrected chi connectivity index (χ2v) is 5.14. The van der Waals surface area contributed by atoms with E-state index in [0.29, 0.717) is 5.69 Å². The van der Waals surface area contributed by atoms with E-state index in [9.17, 15) is 14.4 Å². The molecule has 0 aliphatic heterocycles. The summed E-state index contributed by atoms with van der Waals surface area (Å²) in [6.07, 6.45) is 0. The van der Waals surface area contributed by atoms with E-state index in [0.717, 1.165) is 11.8 Å². The van der Waals surface area contributed by atoms with Gasteiger partial charge in [0.05, 0.1) is 10.8 Å². The molecule has 2 N–H and O–H groups in total. The number of benzene rings is 1. The summed E-state index contributed by atoms with van der Waals surface area (Å²) in [7, 11) is 0. The molecule has 1 amide bonds. The highest BCUT2D eigenvalue weighted by molar-refractivity contribution is 8.14. The van der Waals surface area contributed by atoms with Gasteiger partial charge in [-0.15, -0.1) is 0 Å². The number of amides is 1. The number of aromatic carboxylic acids is 1. The minimum absolute atomic E-state index is 0.126. The van der Waals surface area contributed by atoms with Crippen molar-refractivity contribution in [3.05, 3.63) is 29.8 Å². The quantitative estimate of drug-likeness (QED) is 0.871. The van der Waals surface area contributed by atoms with E-state index < -0.39 is 11.2 Å². The molecule has 0 radical (unpaired) electrons. The van der Waals surface area contributed by atoms with E-state index >= 15 is 0 Å². The van der Waals surface area contributed by atoms with Gasteiger partial charge in [-0.2, -0.15) is 0 Å². The van der Waals surface area contributed by atoms with Crippen molar-refractivity contribution >= 4 is 34.4 Å². The molecule has 0 aliphatic rings. The molecule has 1 aromatic carbocycles. The highest BCUT2D eigenvalue weighted by atomic mass is 32.2. The van der Waals surface area contributed by atoms with Crippen LogP contribution in [0.4, 0.5) is 5.69 Å². The molecule has 5 nitrogen and oxygen atoms in total. The third-order valence-corrected chi connectivity index (χ3v) is 3.01. The van der Waals surface area contributed by atoms with Crippen molar-refractivity contribution < 1.29 is 19.5 Å². The molecular formula is C12H13NO4S. The Bertz CT molecular complexity index is 469. The van der Waals surface area contributed by atoms with E-state index in [4.69, 9.17) is 5.11 Å². The standard InChI is InChI=1S/C12H13NO4S/c1-7(18-8(2)14)11(15)13-10-5-3-9(4-6-10)12(16)17/h3-7H,1-2H3,(H,13,15)(H,16,17). The van der Waals surface area contributed by atoms with Gasteiger partial charge in [-0.1, -0.05) is 11.8 Å². The summed E-state index contributed by atoms with van der Waals surface area (Å²) in [6.45, 7) is 3.03. The number of carbonyl (C=O) groups excluding carboxylic acids is 2. The van der Waals surface area contributed by atoms with Crippen molar-refractivity contribution in [1.82, 2.24) is 0 Å². The molecule has 1 aromatic rings. The maximum absolute atomic E-state index is 11.7. The monoisotopic (exact) mass is 267 g/mol. The molecule has 0 spiro atoms. The molecule has 18 heavy (non-hydrogen) atoms. The molecule has 0 fully saturated rings. The van der Waals surface area contributed by atoms with Crippen molar-refractivity contribution in [1.29, 1.82) is 0 Å². The predicted octanol–water partition coefficient (Wildman–Crippen LogP) is 1.99. The Labute approximate surface area is 109 Å². The Kier molecular flexibility index (Phi) is 4.91. The molecule has 6 heteroatoms. The number of hydrogen-bond acceptors (Lipinski definition) is 4. The van der Waals surface area contributed by atoms with Gasteiger partial charge in [0.25, 0.3) is 0 Å². The summed E-state index contributed by atoms with van der Waals surface area (Å²) in [6, 6.07) is 5.82. The molecule has 0 saturated heterocycles. The van der Waals surface area contributed by atoms with E-state index in [1.165, 1.54) is 31.2 Å². The third kappa shape index (κ3) is 4.21. The van der Waals surface area contributed by atoms with Crippen LogP contribution in [-0.4, -0.2) is 27.3 Å². The summed E-state index contributed by atoms with van der Waals surface area (Å²) in [5.74, 6) is -1.31. The van der Waals surface area contributed by atoms with Crippen molar-refractivity contribution in [2.75, 3.05) is 5.32 Å². The minimum atomic E-state index is -1.02.